The average molecular weight is 304 g/mol. The number of carbonyl (C=O) groups is 1. The standard InChI is InChI=1S/C16H11Cl2NO/c17-14-12-8-4-5-9-13(12)19(15(14)16(18)20)10-11-6-2-1-3-7-11/h1-9H,10H2. The SMILES string of the molecule is O=C(Cl)c1c(Cl)c2ccccc2n1Cc1ccccc1. The van der Waals surface area contributed by atoms with Crippen LogP contribution in [0, 0.1) is 0 Å². The Morgan fingerprint density at radius 3 is 2.35 bits per heavy atom. The molecule has 2 aromatic carbocycles. The van der Waals surface area contributed by atoms with E-state index in [0.29, 0.717) is 17.3 Å². The first kappa shape index (κ1) is 13.2. The van der Waals surface area contributed by atoms with Gasteiger partial charge in [0, 0.05) is 11.9 Å². The van der Waals surface area contributed by atoms with Gasteiger partial charge in [-0.25, -0.2) is 0 Å². The van der Waals surface area contributed by atoms with Crippen molar-refractivity contribution in [2.24, 2.45) is 0 Å². The van der Waals surface area contributed by atoms with Crippen LogP contribution in [0.5, 0.6) is 0 Å². The summed E-state index contributed by atoms with van der Waals surface area (Å²) in [4.78, 5) is 11.7. The zero-order chi connectivity index (χ0) is 14.1. The van der Waals surface area contributed by atoms with Gasteiger partial charge in [-0.3, -0.25) is 4.79 Å². The largest absolute Gasteiger partial charge is 0.331 e. The quantitative estimate of drug-likeness (QED) is 0.642. The molecule has 0 N–H and O–H groups in total. The van der Waals surface area contributed by atoms with Crippen molar-refractivity contribution in [3.8, 4) is 0 Å². The monoisotopic (exact) mass is 303 g/mol. The van der Waals surface area contributed by atoms with Crippen molar-refractivity contribution in [3.05, 3.63) is 70.9 Å². The summed E-state index contributed by atoms with van der Waals surface area (Å²) >= 11 is 12.0. The minimum atomic E-state index is -0.540. The Balaban J connectivity index is 2.22. The Hall–Kier alpha value is -1.77. The lowest BCUT2D eigenvalue weighted by Gasteiger charge is -2.08. The van der Waals surface area contributed by atoms with Gasteiger partial charge in [-0.1, -0.05) is 60.1 Å². The van der Waals surface area contributed by atoms with Gasteiger partial charge < -0.3 is 4.57 Å². The zero-order valence-electron chi connectivity index (χ0n) is 10.5. The van der Waals surface area contributed by atoms with Crippen molar-refractivity contribution in [2.45, 2.75) is 6.54 Å². The van der Waals surface area contributed by atoms with Crippen LogP contribution in [-0.2, 0) is 6.54 Å². The third kappa shape index (κ3) is 2.21. The molecule has 3 aromatic rings. The van der Waals surface area contributed by atoms with Crippen LogP contribution >= 0.6 is 23.2 Å². The van der Waals surface area contributed by atoms with Crippen molar-refractivity contribution in [1.82, 2.24) is 4.57 Å². The summed E-state index contributed by atoms with van der Waals surface area (Å²) in [5.74, 6) is 0. The van der Waals surface area contributed by atoms with Gasteiger partial charge in [0.05, 0.1) is 10.5 Å². The smallest absolute Gasteiger partial charge is 0.270 e. The van der Waals surface area contributed by atoms with Crippen LogP contribution in [0.25, 0.3) is 10.9 Å². The van der Waals surface area contributed by atoms with Gasteiger partial charge in [0.1, 0.15) is 5.69 Å². The number of nitrogens with zero attached hydrogens (tertiary/aromatic N) is 1. The van der Waals surface area contributed by atoms with E-state index in [-0.39, 0.29) is 0 Å². The Kier molecular flexibility index (Phi) is 3.51. The number of hydrogen-bond donors (Lipinski definition) is 0. The summed E-state index contributed by atoms with van der Waals surface area (Å²) in [6.07, 6.45) is 0. The van der Waals surface area contributed by atoms with Gasteiger partial charge in [0.15, 0.2) is 0 Å². The van der Waals surface area contributed by atoms with Crippen LogP contribution in [0.3, 0.4) is 0 Å². The summed E-state index contributed by atoms with van der Waals surface area (Å²) in [5, 5.41) is 0.716. The Labute approximate surface area is 126 Å². The molecule has 3 rings (SSSR count). The molecule has 1 heterocycles. The van der Waals surface area contributed by atoms with Gasteiger partial charge in [-0.15, -0.1) is 0 Å². The average Bonchev–Trinajstić information content (AvgIpc) is 2.74. The van der Waals surface area contributed by atoms with E-state index in [0.717, 1.165) is 16.5 Å². The van der Waals surface area contributed by atoms with Crippen LogP contribution in [0.4, 0.5) is 0 Å². The van der Waals surface area contributed by atoms with E-state index in [9.17, 15) is 4.79 Å². The van der Waals surface area contributed by atoms with Gasteiger partial charge >= 0.3 is 0 Å². The highest BCUT2D eigenvalue weighted by atomic mass is 35.5. The molecule has 0 amide bonds. The highest BCUT2D eigenvalue weighted by molar-refractivity contribution is 6.69. The topological polar surface area (TPSA) is 22.0 Å². The van der Waals surface area contributed by atoms with E-state index >= 15 is 0 Å². The van der Waals surface area contributed by atoms with Crippen molar-refractivity contribution in [2.75, 3.05) is 0 Å². The summed E-state index contributed by atoms with van der Waals surface area (Å²) in [5.41, 5.74) is 2.34. The van der Waals surface area contributed by atoms with Crippen LogP contribution in [-0.4, -0.2) is 9.81 Å². The second-order valence-corrected chi connectivity index (χ2v) is 5.25. The summed E-state index contributed by atoms with van der Waals surface area (Å²) in [7, 11) is 0. The third-order valence-electron chi connectivity index (χ3n) is 3.28. The second-order valence-electron chi connectivity index (χ2n) is 4.53. The molecule has 20 heavy (non-hydrogen) atoms. The molecular formula is C16H11Cl2NO. The van der Waals surface area contributed by atoms with E-state index in [1.165, 1.54) is 0 Å². The maximum Gasteiger partial charge on any atom is 0.270 e. The molecule has 4 heteroatoms. The molecule has 0 aliphatic heterocycles. The molecule has 0 atom stereocenters. The first-order valence-corrected chi connectivity index (χ1v) is 6.94. The summed E-state index contributed by atoms with van der Waals surface area (Å²) in [6, 6.07) is 17.5. The minimum absolute atomic E-state index is 0.346. The molecule has 1 aromatic heterocycles. The molecule has 100 valence electrons. The molecule has 0 saturated carbocycles. The summed E-state index contributed by atoms with van der Waals surface area (Å²) in [6.45, 7) is 0.557. The highest BCUT2D eigenvalue weighted by Gasteiger charge is 2.20. The molecule has 0 unspecified atom stereocenters. The van der Waals surface area contributed by atoms with Crippen LogP contribution < -0.4 is 0 Å². The van der Waals surface area contributed by atoms with Crippen molar-refractivity contribution < 1.29 is 4.79 Å². The number of aromatic nitrogens is 1. The van der Waals surface area contributed by atoms with E-state index in [4.69, 9.17) is 23.2 Å². The lowest BCUT2D eigenvalue weighted by Crippen LogP contribution is -2.06. The highest BCUT2D eigenvalue weighted by Crippen LogP contribution is 2.32. The molecule has 2 nitrogen and oxygen atoms in total. The van der Waals surface area contributed by atoms with Crippen LogP contribution in [0.1, 0.15) is 16.1 Å². The predicted octanol–water partition coefficient (Wildman–Crippen LogP) is 4.72. The normalized spacial score (nSPS) is 10.9. The van der Waals surface area contributed by atoms with Crippen LogP contribution in [0.2, 0.25) is 5.02 Å². The molecule has 0 aliphatic rings. The maximum absolute atomic E-state index is 11.7. The van der Waals surface area contributed by atoms with Crippen LogP contribution in [0.15, 0.2) is 54.6 Å². The van der Waals surface area contributed by atoms with Crippen molar-refractivity contribution >= 4 is 39.3 Å². The molecule has 0 aliphatic carbocycles. The minimum Gasteiger partial charge on any atom is -0.331 e. The Morgan fingerprint density at radius 2 is 1.65 bits per heavy atom. The van der Waals surface area contributed by atoms with Crippen molar-refractivity contribution in [3.63, 3.8) is 0 Å². The Bertz CT molecular complexity index is 778. The number of halogens is 2. The number of para-hydroxylation sites is 1. The fourth-order valence-electron chi connectivity index (χ4n) is 2.38. The molecule has 0 saturated heterocycles. The van der Waals surface area contributed by atoms with E-state index in [2.05, 4.69) is 0 Å². The van der Waals surface area contributed by atoms with Gasteiger partial charge in [0.2, 0.25) is 0 Å². The lowest BCUT2D eigenvalue weighted by molar-refractivity contribution is 0.107. The number of carbonyl (C=O) groups excluding carboxylic acids is 1. The second kappa shape index (κ2) is 5.31. The fraction of sp³-hybridized carbons (Fsp3) is 0.0625. The van der Waals surface area contributed by atoms with Gasteiger partial charge in [0.25, 0.3) is 5.24 Å². The number of fused-ring (bicyclic) bond motifs is 1. The Morgan fingerprint density at radius 1 is 1.00 bits per heavy atom. The first-order valence-electron chi connectivity index (χ1n) is 6.19. The van der Waals surface area contributed by atoms with Crippen molar-refractivity contribution in [1.29, 1.82) is 0 Å². The molecule has 0 bridgehead atoms. The third-order valence-corrected chi connectivity index (χ3v) is 3.84. The van der Waals surface area contributed by atoms with E-state index in [1.807, 2.05) is 59.2 Å². The number of hydrogen-bond acceptors (Lipinski definition) is 1. The molecular weight excluding hydrogens is 293 g/mol. The molecule has 0 spiro atoms. The maximum atomic E-state index is 11.7. The van der Waals surface area contributed by atoms with E-state index < -0.39 is 5.24 Å². The number of rotatable bonds is 3. The lowest BCUT2D eigenvalue weighted by atomic mass is 10.2. The summed E-state index contributed by atoms with van der Waals surface area (Å²) < 4.78 is 1.86. The van der Waals surface area contributed by atoms with Gasteiger partial charge in [-0.2, -0.15) is 0 Å². The zero-order valence-corrected chi connectivity index (χ0v) is 12.0. The van der Waals surface area contributed by atoms with E-state index in [1.54, 1.807) is 0 Å². The predicted molar refractivity (Wildman–Crippen MR) is 82.7 cm³/mol. The molecule has 0 fully saturated rings. The fourth-order valence-corrected chi connectivity index (χ4v) is 2.98. The van der Waals surface area contributed by atoms with Gasteiger partial charge in [-0.05, 0) is 23.2 Å². The molecule has 0 radical (unpaired) electrons. The number of benzene rings is 2. The first-order chi connectivity index (χ1) is 9.68.